The lowest BCUT2D eigenvalue weighted by molar-refractivity contribution is -0.110. The number of rotatable bonds is 1. The van der Waals surface area contributed by atoms with E-state index in [0.29, 0.717) is 11.4 Å². The van der Waals surface area contributed by atoms with Crippen molar-refractivity contribution in [2.24, 2.45) is 9.98 Å². The number of carbonyl (C=O) groups excluding carboxylic acids is 2. The molecule has 0 bridgehead atoms. The van der Waals surface area contributed by atoms with Gasteiger partial charge in [0.15, 0.2) is 5.78 Å². The number of amides is 1. The van der Waals surface area contributed by atoms with Gasteiger partial charge in [-0.25, -0.2) is 9.98 Å². The van der Waals surface area contributed by atoms with Gasteiger partial charge >= 0.3 is 0 Å². The van der Waals surface area contributed by atoms with Crippen LogP contribution in [0.5, 0.6) is 5.75 Å². The van der Waals surface area contributed by atoms with Crippen LogP contribution in [0.4, 0.5) is 0 Å². The average molecular weight is 317 g/mol. The van der Waals surface area contributed by atoms with Crippen molar-refractivity contribution in [2.45, 2.75) is 0 Å². The molecule has 0 saturated carbocycles. The summed E-state index contributed by atoms with van der Waals surface area (Å²) in [6.07, 6.45) is 4.29. The molecule has 1 amide bonds. The van der Waals surface area contributed by atoms with Crippen LogP contribution in [0.15, 0.2) is 70.3 Å². The molecule has 0 unspecified atom stereocenters. The van der Waals surface area contributed by atoms with Crippen LogP contribution in [-0.4, -0.2) is 28.5 Å². The van der Waals surface area contributed by atoms with Crippen molar-refractivity contribution in [3.63, 3.8) is 0 Å². The summed E-state index contributed by atoms with van der Waals surface area (Å²) in [5, 5.41) is 14.3. The molecule has 0 spiro atoms. The number of aliphatic imine (C=N–C) groups is 2. The first-order valence-corrected chi connectivity index (χ1v) is 7.25. The zero-order chi connectivity index (χ0) is 16.7. The van der Waals surface area contributed by atoms with Crippen LogP contribution in [0.2, 0.25) is 0 Å². The van der Waals surface area contributed by atoms with E-state index in [1.165, 1.54) is 18.2 Å². The van der Waals surface area contributed by atoms with Gasteiger partial charge in [0.25, 0.3) is 5.91 Å². The number of ketones is 1. The molecule has 6 nitrogen and oxygen atoms in total. The first kappa shape index (κ1) is 14.1. The van der Waals surface area contributed by atoms with Gasteiger partial charge in [-0.1, -0.05) is 24.3 Å². The highest BCUT2D eigenvalue weighted by atomic mass is 16.3. The molecule has 6 heteroatoms. The lowest BCUT2D eigenvalue weighted by Crippen LogP contribution is -2.28. The number of phenols is 1. The standard InChI is InChI=1S/C18H11N3O3/c22-12-5-6-14-15(9-12)20-18(19-14)21-17(24)13-7-10-3-1-2-4-11(10)8-16(13)23/h1-9,23H,(H,20,21,24). The molecule has 1 aliphatic carbocycles. The minimum absolute atomic E-state index is 0.0909. The fourth-order valence-corrected chi connectivity index (χ4v) is 2.58. The van der Waals surface area contributed by atoms with Crippen molar-refractivity contribution >= 4 is 34.1 Å². The third-order valence-electron chi connectivity index (χ3n) is 3.73. The van der Waals surface area contributed by atoms with E-state index in [1.54, 1.807) is 12.1 Å². The van der Waals surface area contributed by atoms with E-state index in [-0.39, 0.29) is 23.1 Å². The van der Waals surface area contributed by atoms with Crippen LogP contribution < -0.4 is 5.32 Å². The highest BCUT2D eigenvalue weighted by molar-refractivity contribution is 6.26. The maximum atomic E-state index is 12.4. The predicted octanol–water partition coefficient (Wildman–Crippen LogP) is 2.11. The molecule has 2 N–H and O–H groups in total. The summed E-state index contributed by atoms with van der Waals surface area (Å²) in [6.45, 7) is 0. The fourth-order valence-electron chi connectivity index (χ4n) is 2.58. The van der Waals surface area contributed by atoms with Gasteiger partial charge in [0.1, 0.15) is 5.75 Å². The molecule has 0 atom stereocenters. The summed E-state index contributed by atoms with van der Waals surface area (Å²) in [5.41, 5.74) is 1.07. The average Bonchev–Trinajstić information content (AvgIpc) is 2.95. The van der Waals surface area contributed by atoms with E-state index in [1.807, 2.05) is 24.3 Å². The summed E-state index contributed by atoms with van der Waals surface area (Å²) in [6, 6.07) is 10.6. The summed E-state index contributed by atoms with van der Waals surface area (Å²) in [4.78, 5) is 32.0. The van der Waals surface area contributed by atoms with Crippen molar-refractivity contribution in [2.75, 3.05) is 0 Å². The first-order valence-electron chi connectivity index (χ1n) is 7.25. The van der Waals surface area contributed by atoms with E-state index in [2.05, 4.69) is 15.3 Å². The van der Waals surface area contributed by atoms with Gasteiger partial charge in [-0.3, -0.25) is 14.9 Å². The Bertz CT molecular complexity index is 1030. The minimum Gasteiger partial charge on any atom is -0.507 e. The van der Waals surface area contributed by atoms with Crippen LogP contribution in [0.25, 0.3) is 10.8 Å². The molecule has 2 aromatic rings. The maximum absolute atomic E-state index is 12.4. The van der Waals surface area contributed by atoms with E-state index in [4.69, 9.17) is 0 Å². The van der Waals surface area contributed by atoms with E-state index >= 15 is 0 Å². The van der Waals surface area contributed by atoms with Crippen LogP contribution in [-0.2, 0) is 4.79 Å². The predicted molar refractivity (Wildman–Crippen MR) is 90.2 cm³/mol. The smallest absolute Gasteiger partial charge is 0.261 e. The fraction of sp³-hybridized carbons (Fsp3) is 0. The number of fused-ring (bicyclic) bond motifs is 2. The molecule has 1 heterocycles. The van der Waals surface area contributed by atoms with Crippen LogP contribution in [0, 0.1) is 0 Å². The molecule has 0 saturated heterocycles. The maximum Gasteiger partial charge on any atom is 0.261 e. The minimum atomic E-state index is -0.518. The molecule has 0 aromatic heterocycles. The molecule has 2 aromatic carbocycles. The SMILES string of the molecule is O=C1C=CC2=NC(NC(=O)c3cc4ccccc4cc3O)=NC2=C1. The molecule has 0 radical (unpaired) electrons. The lowest BCUT2D eigenvalue weighted by atomic mass is 10.1. The number of hydrogen-bond donors (Lipinski definition) is 2. The number of carbonyl (C=O) groups is 2. The van der Waals surface area contributed by atoms with Crippen molar-refractivity contribution in [3.8, 4) is 5.75 Å². The molecule has 2 aliphatic rings. The zero-order valence-electron chi connectivity index (χ0n) is 12.4. The topological polar surface area (TPSA) is 91.1 Å². The van der Waals surface area contributed by atoms with E-state index in [9.17, 15) is 14.7 Å². The number of allylic oxidation sites excluding steroid dienone is 3. The Kier molecular flexibility index (Phi) is 3.09. The Morgan fingerprint density at radius 2 is 1.79 bits per heavy atom. The number of benzene rings is 2. The number of phenolic OH excluding ortho intramolecular Hbond substituents is 1. The van der Waals surface area contributed by atoms with E-state index in [0.717, 1.165) is 10.8 Å². The normalized spacial score (nSPS) is 15.7. The van der Waals surface area contributed by atoms with Crippen molar-refractivity contribution in [1.82, 2.24) is 5.32 Å². The van der Waals surface area contributed by atoms with Crippen LogP contribution >= 0.6 is 0 Å². The first-order chi connectivity index (χ1) is 11.6. The summed E-state index contributed by atoms with van der Waals surface area (Å²) in [7, 11) is 0. The van der Waals surface area contributed by atoms with Gasteiger partial charge in [-0.15, -0.1) is 0 Å². The molecule has 4 rings (SSSR count). The highest BCUT2D eigenvalue weighted by Gasteiger charge is 2.21. The summed E-state index contributed by atoms with van der Waals surface area (Å²) >= 11 is 0. The summed E-state index contributed by atoms with van der Waals surface area (Å²) in [5.74, 6) is -0.722. The second kappa shape index (κ2) is 5.27. The van der Waals surface area contributed by atoms with Crippen molar-refractivity contribution < 1.29 is 14.7 Å². The highest BCUT2D eigenvalue weighted by Crippen LogP contribution is 2.25. The molecule has 0 fully saturated rings. The number of aromatic hydroxyl groups is 1. The molecular weight excluding hydrogens is 306 g/mol. The number of nitrogens with one attached hydrogen (secondary N) is 1. The number of guanidine groups is 1. The van der Waals surface area contributed by atoms with Gasteiger partial charge < -0.3 is 5.11 Å². The Labute approximate surface area is 136 Å². The monoisotopic (exact) mass is 317 g/mol. The molecule has 116 valence electrons. The summed E-state index contributed by atoms with van der Waals surface area (Å²) < 4.78 is 0. The van der Waals surface area contributed by atoms with Gasteiger partial charge in [0.05, 0.1) is 17.0 Å². The lowest BCUT2D eigenvalue weighted by Gasteiger charge is -2.07. The van der Waals surface area contributed by atoms with Crippen LogP contribution in [0.3, 0.4) is 0 Å². The van der Waals surface area contributed by atoms with Gasteiger partial charge in [0.2, 0.25) is 5.96 Å². The van der Waals surface area contributed by atoms with Crippen molar-refractivity contribution in [3.05, 3.63) is 65.9 Å². The van der Waals surface area contributed by atoms with Crippen molar-refractivity contribution in [1.29, 1.82) is 0 Å². The Hall–Kier alpha value is -3.54. The number of hydrogen-bond acceptors (Lipinski definition) is 5. The molecule has 1 aliphatic heterocycles. The Morgan fingerprint density at radius 3 is 2.58 bits per heavy atom. The Balaban J connectivity index is 1.64. The molecule has 24 heavy (non-hydrogen) atoms. The Morgan fingerprint density at radius 1 is 1.04 bits per heavy atom. The molecular formula is C18H11N3O3. The zero-order valence-corrected chi connectivity index (χ0v) is 12.4. The second-order valence-electron chi connectivity index (χ2n) is 5.37. The van der Waals surface area contributed by atoms with Gasteiger partial charge in [-0.2, -0.15) is 0 Å². The largest absolute Gasteiger partial charge is 0.507 e. The third-order valence-corrected chi connectivity index (χ3v) is 3.73. The quantitative estimate of drug-likeness (QED) is 0.789. The second-order valence-corrected chi connectivity index (χ2v) is 5.37. The van der Waals surface area contributed by atoms with Gasteiger partial charge in [-0.05, 0) is 35.1 Å². The van der Waals surface area contributed by atoms with Crippen LogP contribution in [0.1, 0.15) is 10.4 Å². The van der Waals surface area contributed by atoms with E-state index < -0.39 is 5.91 Å². The third kappa shape index (κ3) is 2.40. The number of nitrogens with zero attached hydrogens (tertiary/aromatic N) is 2. The van der Waals surface area contributed by atoms with Gasteiger partial charge in [0, 0.05) is 6.08 Å².